The number of halogens is 3. The highest BCUT2D eigenvalue weighted by Gasteiger charge is 2.42. The molecule has 1 amide bonds. The first-order chi connectivity index (χ1) is 22.3. The molecule has 1 saturated heterocycles. The van der Waals surface area contributed by atoms with E-state index in [1.807, 2.05) is 30.5 Å². The second-order valence-electron chi connectivity index (χ2n) is 11.1. The largest absolute Gasteiger partial charge is 0.492 e. The van der Waals surface area contributed by atoms with E-state index in [-0.39, 0.29) is 10.4 Å². The zero-order chi connectivity index (χ0) is 31.7. The van der Waals surface area contributed by atoms with E-state index in [2.05, 4.69) is 29.0 Å². The molecule has 1 aliphatic rings. The fourth-order valence-corrected chi connectivity index (χ4v) is 6.91. The molecule has 9 nitrogen and oxygen atoms in total. The molecule has 4 aromatic heterocycles. The Morgan fingerprint density at radius 2 is 1.76 bits per heavy atom. The van der Waals surface area contributed by atoms with Crippen LogP contribution in [0, 0.1) is 0 Å². The summed E-state index contributed by atoms with van der Waals surface area (Å²) in [6, 6.07) is 11.3. The molecular weight excluding hydrogens is 636 g/mol. The van der Waals surface area contributed by atoms with Crippen LogP contribution in [0.15, 0.2) is 72.5 Å². The maximum absolute atomic E-state index is 14.0. The van der Waals surface area contributed by atoms with Gasteiger partial charge in [0.1, 0.15) is 23.4 Å². The Labute approximate surface area is 270 Å². The van der Waals surface area contributed by atoms with Crippen LogP contribution in [0.5, 0.6) is 5.75 Å². The third kappa shape index (κ3) is 6.46. The van der Waals surface area contributed by atoms with Crippen molar-refractivity contribution < 1.29 is 22.7 Å². The van der Waals surface area contributed by atoms with E-state index in [0.29, 0.717) is 34.4 Å². The lowest BCUT2D eigenvalue weighted by molar-refractivity contribution is -0.155. The van der Waals surface area contributed by atoms with Gasteiger partial charge < -0.3 is 10.1 Å². The highest BCUT2D eigenvalue weighted by Crippen LogP contribution is 2.35. The first kappa shape index (κ1) is 30.3. The van der Waals surface area contributed by atoms with Crippen LogP contribution >= 0.6 is 23.1 Å². The Morgan fingerprint density at radius 1 is 0.957 bits per heavy atom. The summed E-state index contributed by atoms with van der Waals surface area (Å²) in [6.07, 6.45) is 4.35. The van der Waals surface area contributed by atoms with E-state index in [0.717, 1.165) is 59.6 Å². The minimum absolute atomic E-state index is 0.115. The zero-order valence-corrected chi connectivity index (χ0v) is 26.0. The van der Waals surface area contributed by atoms with Crippen LogP contribution in [-0.4, -0.2) is 66.6 Å². The molecule has 0 spiro atoms. The number of carbonyl (C=O) groups is 1. The maximum Gasteiger partial charge on any atom is 0.412 e. The predicted octanol–water partition coefficient (Wildman–Crippen LogP) is 7.03. The molecule has 0 bridgehead atoms. The molecule has 0 aliphatic carbocycles. The van der Waals surface area contributed by atoms with Gasteiger partial charge in [0.2, 0.25) is 0 Å². The van der Waals surface area contributed by atoms with E-state index >= 15 is 0 Å². The summed E-state index contributed by atoms with van der Waals surface area (Å²) < 4.78 is 57.7. The third-order valence-electron chi connectivity index (χ3n) is 8.02. The molecule has 7 rings (SSSR count). The lowest BCUT2D eigenvalue weighted by atomic mass is 10.1. The molecule has 1 aliphatic heterocycles. The van der Waals surface area contributed by atoms with Gasteiger partial charge in [-0.25, -0.2) is 9.50 Å². The number of carbonyl (C=O) groups excluding carboxylic acids is 1. The summed E-state index contributed by atoms with van der Waals surface area (Å²) in [5.41, 5.74) is 4.39. The minimum Gasteiger partial charge on any atom is -0.492 e. The summed E-state index contributed by atoms with van der Waals surface area (Å²) >= 11 is 1.97. The number of amides is 1. The monoisotopic (exact) mass is 663 g/mol. The predicted molar refractivity (Wildman–Crippen MR) is 171 cm³/mol. The summed E-state index contributed by atoms with van der Waals surface area (Å²) in [5.74, 6) is -0.0198. The highest BCUT2D eigenvalue weighted by molar-refractivity contribution is 7.12. The molecule has 46 heavy (non-hydrogen) atoms. The van der Waals surface area contributed by atoms with Crippen LogP contribution in [0.1, 0.15) is 40.5 Å². The van der Waals surface area contributed by atoms with Crippen molar-refractivity contribution in [1.29, 1.82) is 0 Å². The topological polar surface area (TPSA) is 97.5 Å². The Bertz CT molecular complexity index is 1980. The number of nitrogens with one attached hydrogen (secondary N) is 1. The molecule has 236 valence electrons. The average molecular weight is 664 g/mol. The van der Waals surface area contributed by atoms with Crippen molar-refractivity contribution in [3.05, 3.63) is 82.9 Å². The smallest absolute Gasteiger partial charge is 0.412 e. The number of aromatic nitrogens is 5. The number of thiophene rings is 1. The van der Waals surface area contributed by atoms with Gasteiger partial charge in [0.15, 0.2) is 11.7 Å². The summed E-state index contributed by atoms with van der Waals surface area (Å²) in [4.78, 5) is 20.2. The van der Waals surface area contributed by atoms with Crippen LogP contribution in [0.4, 0.5) is 13.2 Å². The number of rotatable bonds is 9. The molecule has 6 aromatic rings. The van der Waals surface area contributed by atoms with Gasteiger partial charge >= 0.3 is 6.18 Å². The fraction of sp³-hybridized carbons (Fsp3) is 0.281. The maximum atomic E-state index is 14.0. The number of fused-ring (bicyclic) bond motifs is 2. The third-order valence-corrected chi connectivity index (χ3v) is 9.50. The van der Waals surface area contributed by atoms with Crippen molar-refractivity contribution in [2.45, 2.75) is 31.5 Å². The number of nitrogens with zero attached hydrogens (tertiary/aromatic N) is 6. The molecular formula is C32H28F3N7O2S2. The van der Waals surface area contributed by atoms with E-state index < -0.39 is 18.1 Å². The Kier molecular flexibility index (Phi) is 8.40. The minimum atomic E-state index is -4.71. The molecule has 1 atom stereocenters. The standard InChI is InChI=1S/C32H28F3N7O2S2/c33-32(34,35)29(21-6-9-26-27(14-21)40-46-39-26)38-31(43)28-15-22(19-45-28)25-17-37-42-18-23(16-36-30(25)42)20-4-7-24(8-5-20)44-13-12-41-10-2-1-3-11-41/h4-9,14-19,29H,1-3,10-13H2,(H,38,43). The fourth-order valence-electron chi connectivity index (χ4n) is 5.58. The van der Waals surface area contributed by atoms with E-state index in [1.165, 1.54) is 37.5 Å². The lowest BCUT2D eigenvalue weighted by Gasteiger charge is -2.26. The van der Waals surface area contributed by atoms with Crippen molar-refractivity contribution in [1.82, 2.24) is 33.6 Å². The SMILES string of the molecule is O=C(NC(c1ccc2nsnc2c1)C(F)(F)F)c1cc(-c2cnn3cc(-c4ccc(OCCN5CCCCC5)cc4)cnc23)cs1. The van der Waals surface area contributed by atoms with Gasteiger partial charge in [0, 0.05) is 30.1 Å². The van der Waals surface area contributed by atoms with Crippen molar-refractivity contribution in [3.63, 3.8) is 0 Å². The quantitative estimate of drug-likeness (QED) is 0.178. The molecule has 5 heterocycles. The second kappa shape index (κ2) is 12.8. The highest BCUT2D eigenvalue weighted by atomic mass is 32.1. The summed E-state index contributed by atoms with van der Waals surface area (Å²) in [6.45, 7) is 3.86. The number of hydrogen-bond acceptors (Lipinski definition) is 9. The van der Waals surface area contributed by atoms with Crippen LogP contribution in [0.3, 0.4) is 0 Å². The molecule has 1 N–H and O–H groups in total. The van der Waals surface area contributed by atoms with Gasteiger partial charge in [-0.1, -0.05) is 24.6 Å². The number of alkyl halides is 3. The molecule has 0 saturated carbocycles. The Hall–Kier alpha value is -4.40. The molecule has 2 aromatic carbocycles. The first-order valence-corrected chi connectivity index (χ1v) is 16.4. The normalized spacial score (nSPS) is 14.9. The number of benzene rings is 2. The number of piperidine rings is 1. The van der Waals surface area contributed by atoms with E-state index in [4.69, 9.17) is 4.74 Å². The van der Waals surface area contributed by atoms with Gasteiger partial charge in [-0.15, -0.1) is 11.3 Å². The molecule has 14 heteroatoms. The van der Waals surface area contributed by atoms with Crippen molar-refractivity contribution >= 4 is 45.7 Å². The number of hydrogen-bond donors (Lipinski definition) is 1. The van der Waals surface area contributed by atoms with E-state index in [1.54, 1.807) is 28.4 Å². The van der Waals surface area contributed by atoms with Crippen molar-refractivity contribution in [2.75, 3.05) is 26.2 Å². The van der Waals surface area contributed by atoms with Gasteiger partial charge in [-0.3, -0.25) is 9.69 Å². The zero-order valence-electron chi connectivity index (χ0n) is 24.4. The Morgan fingerprint density at radius 3 is 2.57 bits per heavy atom. The summed E-state index contributed by atoms with van der Waals surface area (Å²) in [7, 11) is 0. The average Bonchev–Trinajstić information content (AvgIpc) is 3.83. The van der Waals surface area contributed by atoms with Gasteiger partial charge in [-0.2, -0.15) is 27.0 Å². The van der Waals surface area contributed by atoms with Crippen molar-refractivity contribution in [2.24, 2.45) is 0 Å². The van der Waals surface area contributed by atoms with Gasteiger partial charge in [-0.05, 0) is 78.3 Å². The van der Waals surface area contributed by atoms with Crippen LogP contribution in [-0.2, 0) is 0 Å². The summed E-state index contributed by atoms with van der Waals surface area (Å²) in [5, 5.41) is 8.31. The Balaban J connectivity index is 1.03. The lowest BCUT2D eigenvalue weighted by Crippen LogP contribution is -2.37. The van der Waals surface area contributed by atoms with Crippen LogP contribution in [0.25, 0.3) is 38.9 Å². The van der Waals surface area contributed by atoms with Crippen molar-refractivity contribution in [3.8, 4) is 28.0 Å². The molecule has 1 unspecified atom stereocenters. The van der Waals surface area contributed by atoms with Crippen LogP contribution < -0.4 is 10.1 Å². The first-order valence-electron chi connectivity index (χ1n) is 14.8. The molecule has 1 fully saturated rings. The van der Waals surface area contributed by atoms with Gasteiger partial charge in [0.05, 0.1) is 22.8 Å². The molecule has 0 radical (unpaired) electrons. The van der Waals surface area contributed by atoms with E-state index in [9.17, 15) is 18.0 Å². The van der Waals surface area contributed by atoms with Gasteiger partial charge in [0.25, 0.3) is 5.91 Å². The number of ether oxygens (including phenoxy) is 1. The second-order valence-corrected chi connectivity index (χ2v) is 12.5. The van der Waals surface area contributed by atoms with Crippen LogP contribution in [0.2, 0.25) is 0 Å². The number of likely N-dealkylation sites (tertiary alicyclic amines) is 1.